The predicted octanol–water partition coefficient (Wildman–Crippen LogP) is 20.4. The molecule has 0 N–H and O–H groups in total. The number of unbranched alkanes of at least 4 members (excludes halogenated alkanes) is 28. The topological polar surface area (TPSA) is 51.6 Å². The minimum atomic E-state index is -0.0168. The van der Waals surface area contributed by atoms with Gasteiger partial charge in [0.2, 0.25) is 0 Å². The van der Waals surface area contributed by atoms with E-state index in [1.54, 1.807) is 22.3 Å². The average Bonchev–Trinajstić information content (AvgIpc) is 4.13. The lowest BCUT2D eigenvalue weighted by Crippen LogP contribution is -2.27. The van der Waals surface area contributed by atoms with Gasteiger partial charge in [-0.25, -0.2) is 0 Å². The normalized spacial score (nSPS) is 14.4. The van der Waals surface area contributed by atoms with E-state index in [4.69, 9.17) is 17.5 Å². The van der Waals surface area contributed by atoms with Gasteiger partial charge in [0, 0.05) is 22.0 Å². The summed E-state index contributed by atoms with van der Waals surface area (Å²) in [5.41, 5.74) is 16.5. The number of hydrogen-bond donors (Lipinski definition) is 0. The van der Waals surface area contributed by atoms with Crippen molar-refractivity contribution in [3.8, 4) is 22.3 Å². The third-order valence-corrected chi connectivity index (χ3v) is 17.5. The molecule has 2 aliphatic rings. The van der Waals surface area contributed by atoms with Crippen molar-refractivity contribution in [2.75, 3.05) is 0 Å². The fourth-order valence-electron chi connectivity index (χ4n) is 12.7. The summed E-state index contributed by atoms with van der Waals surface area (Å²) in [7, 11) is 0. The molecule has 362 valence electrons. The van der Waals surface area contributed by atoms with E-state index in [-0.39, 0.29) is 10.8 Å². The van der Waals surface area contributed by atoms with Gasteiger partial charge >= 0.3 is 0 Å². The molecule has 0 amide bonds. The largest absolute Gasteiger partial charge is 0.173 e. The molecule has 0 aliphatic heterocycles. The number of fused-ring (bicyclic) bond motifs is 10. The van der Waals surface area contributed by atoms with Crippen molar-refractivity contribution in [1.29, 1.82) is 0 Å². The van der Waals surface area contributed by atoms with Gasteiger partial charge in [0.25, 0.3) is 0 Å². The monoisotopic (exact) mass is 931 g/mol. The average molecular weight is 932 g/mol. The van der Waals surface area contributed by atoms with Crippen molar-refractivity contribution in [2.24, 2.45) is 0 Å². The van der Waals surface area contributed by atoms with E-state index in [0.717, 1.165) is 22.1 Å². The standard InChI is InChI=1S/C60H90N4S2/c1-5-9-13-17-21-25-29-33-41-59(42-34-30-26-22-18-14-10-6-2)49-37-39-53-57(63-65-61-53)55(49)47-46-52-48(45-51(47)59)56-50(38-40-54-58(56)64-66-62-54)60(52,43-35-31-27-23-19-15-11-7-3)44-36-32-28-24-20-16-12-8-4/h37-40,45-46H,5-36,41-44H2,1-4H3. The third-order valence-electron chi connectivity index (χ3n) is 16.4. The minimum Gasteiger partial charge on any atom is -0.173 e. The Morgan fingerprint density at radius 2 is 0.591 bits per heavy atom. The maximum Gasteiger partial charge on any atom is 0.112 e. The van der Waals surface area contributed by atoms with E-state index in [9.17, 15) is 0 Å². The Kier molecular flexibility index (Phi) is 20.8. The summed E-state index contributed by atoms with van der Waals surface area (Å²) in [5.74, 6) is 0. The summed E-state index contributed by atoms with van der Waals surface area (Å²) in [6, 6.07) is 15.2. The fraction of sp³-hybridized carbons (Fsp3) is 0.700. The lowest BCUT2D eigenvalue weighted by molar-refractivity contribution is 0.394. The molecule has 0 saturated heterocycles. The molecule has 0 bridgehead atoms. The highest BCUT2D eigenvalue weighted by molar-refractivity contribution is 7.00. The second kappa shape index (κ2) is 26.9. The number of aromatic nitrogens is 4. The highest BCUT2D eigenvalue weighted by Crippen LogP contribution is 2.62. The first-order valence-corrected chi connectivity index (χ1v) is 29.8. The van der Waals surface area contributed by atoms with E-state index in [1.807, 2.05) is 0 Å². The van der Waals surface area contributed by atoms with Gasteiger partial charge in [-0.1, -0.05) is 245 Å². The second-order valence-corrected chi connectivity index (χ2v) is 22.3. The van der Waals surface area contributed by atoms with Crippen molar-refractivity contribution in [3.63, 3.8) is 0 Å². The molecule has 0 unspecified atom stereocenters. The summed E-state index contributed by atoms with van der Waals surface area (Å²) in [6.45, 7) is 9.32. The number of benzene rings is 3. The number of nitrogens with zero attached hydrogens (tertiary/aromatic N) is 4. The van der Waals surface area contributed by atoms with Crippen LogP contribution in [-0.2, 0) is 10.8 Å². The van der Waals surface area contributed by atoms with Gasteiger partial charge in [-0.15, -0.1) is 0 Å². The number of rotatable bonds is 36. The maximum atomic E-state index is 5.16. The Morgan fingerprint density at radius 1 is 0.318 bits per heavy atom. The van der Waals surface area contributed by atoms with Crippen molar-refractivity contribution in [2.45, 2.75) is 270 Å². The first-order chi connectivity index (χ1) is 32.6. The zero-order valence-electron chi connectivity index (χ0n) is 42.5. The van der Waals surface area contributed by atoms with Crippen LogP contribution in [0.5, 0.6) is 0 Å². The molecule has 2 heterocycles. The van der Waals surface area contributed by atoms with E-state index >= 15 is 0 Å². The van der Waals surface area contributed by atoms with Crippen molar-refractivity contribution in [3.05, 3.63) is 58.7 Å². The SMILES string of the molecule is CCCCCCCCCCC1(CCCCCCCCCC)c2cc3c(cc2-c2c1ccc1nsnc21)C(CCCCCCCCCC)(CCCCCCCCCC)c1ccc2nsnc2c1-3. The Labute approximate surface area is 411 Å². The molecule has 4 nitrogen and oxygen atoms in total. The first kappa shape index (κ1) is 51.2. The van der Waals surface area contributed by atoms with Crippen LogP contribution in [0.2, 0.25) is 0 Å². The number of hydrogen-bond acceptors (Lipinski definition) is 6. The zero-order valence-corrected chi connectivity index (χ0v) is 44.2. The second-order valence-electron chi connectivity index (χ2n) is 21.2. The molecule has 66 heavy (non-hydrogen) atoms. The fourth-order valence-corrected chi connectivity index (χ4v) is 13.8. The quantitative estimate of drug-likeness (QED) is 0.0376. The Bertz CT molecular complexity index is 1990. The molecule has 7 rings (SSSR count). The van der Waals surface area contributed by atoms with E-state index in [0.29, 0.717) is 0 Å². The molecule has 0 atom stereocenters. The van der Waals surface area contributed by atoms with Gasteiger partial charge in [-0.05, 0) is 83.3 Å². The Hall–Kier alpha value is -2.70. The molecule has 0 radical (unpaired) electrons. The summed E-state index contributed by atoms with van der Waals surface area (Å²) in [5, 5.41) is 0. The summed E-state index contributed by atoms with van der Waals surface area (Å²) in [4.78, 5) is 0. The van der Waals surface area contributed by atoms with Gasteiger partial charge in [-0.2, -0.15) is 17.5 Å². The molecule has 0 spiro atoms. The van der Waals surface area contributed by atoms with Crippen LogP contribution in [0, 0.1) is 0 Å². The van der Waals surface area contributed by atoms with Crippen LogP contribution in [0.25, 0.3) is 44.3 Å². The summed E-state index contributed by atoms with van der Waals surface area (Å²) in [6.07, 6.45) is 48.2. The van der Waals surface area contributed by atoms with Crippen LogP contribution in [-0.4, -0.2) is 17.5 Å². The predicted molar refractivity (Wildman–Crippen MR) is 290 cm³/mol. The van der Waals surface area contributed by atoms with Gasteiger partial charge in [-0.3, -0.25) is 0 Å². The summed E-state index contributed by atoms with van der Waals surface area (Å²) >= 11 is 2.81. The van der Waals surface area contributed by atoms with Crippen LogP contribution in [0.1, 0.15) is 281 Å². The van der Waals surface area contributed by atoms with Gasteiger partial charge in [0.15, 0.2) is 0 Å². The molecular formula is C60H90N4S2. The maximum absolute atomic E-state index is 5.16. The Balaban J connectivity index is 1.29. The molecule has 0 fully saturated rings. The van der Waals surface area contributed by atoms with Crippen LogP contribution in [0.15, 0.2) is 36.4 Å². The smallest absolute Gasteiger partial charge is 0.112 e. The van der Waals surface area contributed by atoms with Crippen LogP contribution < -0.4 is 0 Å². The molecular weight excluding hydrogens is 841 g/mol. The lowest BCUT2D eigenvalue weighted by atomic mass is 9.68. The highest BCUT2D eigenvalue weighted by atomic mass is 32.1. The van der Waals surface area contributed by atoms with Gasteiger partial charge < -0.3 is 0 Å². The van der Waals surface area contributed by atoms with E-state index in [2.05, 4.69) is 64.1 Å². The van der Waals surface area contributed by atoms with Crippen LogP contribution in [0.4, 0.5) is 0 Å². The molecule has 5 aromatic rings. The third kappa shape index (κ3) is 12.2. The molecule has 3 aromatic carbocycles. The van der Waals surface area contributed by atoms with Crippen molar-refractivity contribution >= 4 is 45.5 Å². The summed E-state index contributed by atoms with van der Waals surface area (Å²) < 4.78 is 20.1. The van der Waals surface area contributed by atoms with E-state index in [1.165, 1.54) is 277 Å². The molecule has 0 saturated carbocycles. The van der Waals surface area contributed by atoms with Crippen LogP contribution in [0.3, 0.4) is 0 Å². The van der Waals surface area contributed by atoms with Crippen molar-refractivity contribution < 1.29 is 0 Å². The first-order valence-electron chi connectivity index (χ1n) is 28.3. The van der Waals surface area contributed by atoms with Gasteiger partial charge in [0.1, 0.15) is 22.1 Å². The highest BCUT2D eigenvalue weighted by Gasteiger charge is 2.49. The van der Waals surface area contributed by atoms with E-state index < -0.39 is 0 Å². The molecule has 2 aliphatic carbocycles. The molecule has 6 heteroatoms. The minimum absolute atomic E-state index is 0.0168. The molecule has 2 aromatic heterocycles. The van der Waals surface area contributed by atoms with Crippen molar-refractivity contribution in [1.82, 2.24) is 17.5 Å². The van der Waals surface area contributed by atoms with Crippen LogP contribution >= 0.6 is 23.5 Å². The lowest BCUT2D eigenvalue weighted by Gasteiger charge is -2.35. The Morgan fingerprint density at radius 3 is 0.879 bits per heavy atom. The zero-order chi connectivity index (χ0) is 45.9. The van der Waals surface area contributed by atoms with Gasteiger partial charge in [0.05, 0.1) is 23.5 Å².